The average Bonchev–Trinajstić information content (AvgIpc) is 3.27. The van der Waals surface area contributed by atoms with Gasteiger partial charge in [-0.2, -0.15) is 5.10 Å². The molecule has 0 bridgehead atoms. The highest BCUT2D eigenvalue weighted by atomic mass is 16.2. The maximum Gasteiger partial charge on any atom is 0.224 e. The van der Waals surface area contributed by atoms with E-state index in [0.29, 0.717) is 12.0 Å². The summed E-state index contributed by atoms with van der Waals surface area (Å²) >= 11 is 0. The zero-order valence-electron chi connectivity index (χ0n) is 23.6. The second kappa shape index (κ2) is 13.4. The summed E-state index contributed by atoms with van der Waals surface area (Å²) < 4.78 is 1.66. The van der Waals surface area contributed by atoms with Crippen LogP contribution < -0.4 is 5.32 Å². The van der Waals surface area contributed by atoms with Crippen LogP contribution in [-0.2, 0) is 32.6 Å². The molecule has 1 N–H and O–H groups in total. The third-order valence-electron chi connectivity index (χ3n) is 7.06. The van der Waals surface area contributed by atoms with Crippen LogP contribution in [0, 0.1) is 23.2 Å². The van der Waals surface area contributed by atoms with Gasteiger partial charge in [-0.25, -0.2) is 0 Å². The maximum atomic E-state index is 13.2. The van der Waals surface area contributed by atoms with Crippen molar-refractivity contribution >= 4 is 29.0 Å². The van der Waals surface area contributed by atoms with E-state index in [9.17, 15) is 24.0 Å². The number of hydrogen-bond donors (Lipinski definition) is 1. The highest BCUT2D eigenvalue weighted by molar-refractivity contribution is 6.38. The van der Waals surface area contributed by atoms with Crippen LogP contribution in [-0.4, -0.2) is 44.9 Å². The standard InChI is InChI=1S/C30H41N3O5/c1-19(2)23(28(37)25(34)14-13-22-15-16-31-33(22)7)17-26(35)20(3)32-29(38)24(30(4,5)6)18-27(36)21-11-9-8-10-12-21/h8-12,15-16,19-20,23-24H,13-14,17-18H2,1-7H3,(H,32,38)/t20-,23-,24+/m0/s1. The molecule has 3 atom stereocenters. The molecule has 206 valence electrons. The Hall–Kier alpha value is -3.42. The van der Waals surface area contributed by atoms with Crippen LogP contribution in [0.15, 0.2) is 42.6 Å². The first-order chi connectivity index (χ1) is 17.7. The van der Waals surface area contributed by atoms with Crippen molar-refractivity contribution in [2.24, 2.45) is 30.2 Å². The number of nitrogens with one attached hydrogen (secondary N) is 1. The number of amides is 1. The van der Waals surface area contributed by atoms with Crippen molar-refractivity contribution in [2.45, 2.75) is 73.3 Å². The largest absolute Gasteiger partial charge is 0.346 e. The van der Waals surface area contributed by atoms with Gasteiger partial charge in [0.2, 0.25) is 11.7 Å². The molecule has 0 unspecified atom stereocenters. The molecule has 0 aliphatic rings. The number of ketones is 4. The molecule has 8 heteroatoms. The van der Waals surface area contributed by atoms with E-state index in [2.05, 4.69) is 10.4 Å². The van der Waals surface area contributed by atoms with E-state index >= 15 is 0 Å². The Kier molecular flexibility index (Phi) is 10.9. The van der Waals surface area contributed by atoms with Crippen LogP contribution >= 0.6 is 0 Å². The van der Waals surface area contributed by atoms with E-state index in [1.165, 1.54) is 0 Å². The zero-order valence-corrected chi connectivity index (χ0v) is 23.6. The quantitative estimate of drug-likeness (QED) is 0.294. The number of Topliss-reactive ketones (excluding diaryl/α,β-unsaturated/α-hetero) is 4. The first-order valence-corrected chi connectivity index (χ1v) is 13.2. The Labute approximate surface area is 225 Å². The summed E-state index contributed by atoms with van der Waals surface area (Å²) in [5.74, 6) is -3.57. The van der Waals surface area contributed by atoms with Crippen molar-refractivity contribution in [1.82, 2.24) is 15.1 Å². The summed E-state index contributed by atoms with van der Waals surface area (Å²) in [5, 5.41) is 6.83. The van der Waals surface area contributed by atoms with E-state index in [-0.39, 0.29) is 42.7 Å². The number of hydrogen-bond acceptors (Lipinski definition) is 6. The highest BCUT2D eigenvalue weighted by Crippen LogP contribution is 2.30. The molecule has 0 radical (unpaired) electrons. The number of rotatable bonds is 14. The molecule has 1 aromatic heterocycles. The summed E-state index contributed by atoms with van der Waals surface area (Å²) in [6.45, 7) is 10.8. The average molecular weight is 524 g/mol. The van der Waals surface area contributed by atoms with Crippen molar-refractivity contribution in [3.05, 3.63) is 53.9 Å². The van der Waals surface area contributed by atoms with E-state index in [4.69, 9.17) is 0 Å². The fourth-order valence-corrected chi connectivity index (χ4v) is 4.36. The van der Waals surface area contributed by atoms with Crippen molar-refractivity contribution < 1.29 is 24.0 Å². The lowest BCUT2D eigenvalue weighted by Crippen LogP contribution is -2.46. The van der Waals surface area contributed by atoms with E-state index in [0.717, 1.165) is 5.69 Å². The second-order valence-electron chi connectivity index (χ2n) is 11.4. The van der Waals surface area contributed by atoms with Gasteiger partial charge in [-0.3, -0.25) is 28.7 Å². The van der Waals surface area contributed by atoms with Gasteiger partial charge < -0.3 is 5.32 Å². The van der Waals surface area contributed by atoms with Gasteiger partial charge in [0.05, 0.1) is 12.0 Å². The number of benzene rings is 1. The normalized spacial score (nSPS) is 14.0. The van der Waals surface area contributed by atoms with Crippen molar-refractivity contribution in [3.8, 4) is 0 Å². The second-order valence-corrected chi connectivity index (χ2v) is 11.4. The Bertz CT molecular complexity index is 1140. The summed E-state index contributed by atoms with van der Waals surface area (Å²) in [5.41, 5.74) is 0.859. The predicted octanol–water partition coefficient (Wildman–Crippen LogP) is 4.16. The highest BCUT2D eigenvalue weighted by Gasteiger charge is 2.36. The van der Waals surface area contributed by atoms with Crippen LogP contribution in [0.4, 0.5) is 0 Å². The minimum atomic E-state index is -0.863. The van der Waals surface area contributed by atoms with Gasteiger partial charge in [0.25, 0.3) is 0 Å². The predicted molar refractivity (Wildman–Crippen MR) is 145 cm³/mol. The van der Waals surface area contributed by atoms with E-state index in [1.807, 2.05) is 26.8 Å². The minimum Gasteiger partial charge on any atom is -0.346 e. The van der Waals surface area contributed by atoms with Crippen LogP contribution in [0.5, 0.6) is 0 Å². The van der Waals surface area contributed by atoms with E-state index < -0.39 is 34.9 Å². The van der Waals surface area contributed by atoms with E-state index in [1.54, 1.807) is 69.0 Å². The molecule has 0 saturated heterocycles. The molecule has 0 saturated carbocycles. The molecule has 1 heterocycles. The molecule has 8 nitrogen and oxygen atoms in total. The summed E-state index contributed by atoms with van der Waals surface area (Å²) in [4.78, 5) is 64.7. The first-order valence-electron chi connectivity index (χ1n) is 13.2. The van der Waals surface area contributed by atoms with Gasteiger partial charge in [0.15, 0.2) is 17.3 Å². The Balaban J connectivity index is 2.03. The number of carbonyl (C=O) groups excluding carboxylic acids is 5. The van der Waals surface area contributed by atoms with Gasteiger partial charge in [-0.05, 0) is 30.7 Å². The summed E-state index contributed by atoms with van der Waals surface area (Å²) in [6, 6.07) is 9.73. The topological polar surface area (TPSA) is 115 Å². The number of aryl methyl sites for hydroxylation is 2. The fraction of sp³-hybridized carbons (Fsp3) is 0.533. The molecule has 1 aromatic carbocycles. The van der Waals surface area contributed by atoms with Crippen LogP contribution in [0.3, 0.4) is 0 Å². The van der Waals surface area contributed by atoms with Gasteiger partial charge >= 0.3 is 0 Å². The van der Waals surface area contributed by atoms with Crippen LogP contribution in [0.2, 0.25) is 0 Å². The Morgan fingerprint density at radius 2 is 1.58 bits per heavy atom. The van der Waals surface area contributed by atoms with Crippen molar-refractivity contribution in [2.75, 3.05) is 0 Å². The molecule has 0 fully saturated rings. The fourth-order valence-electron chi connectivity index (χ4n) is 4.36. The molecule has 2 rings (SSSR count). The smallest absolute Gasteiger partial charge is 0.224 e. The number of carbonyl (C=O) groups is 5. The lowest BCUT2D eigenvalue weighted by Gasteiger charge is -2.30. The van der Waals surface area contributed by atoms with Gasteiger partial charge in [-0.1, -0.05) is 65.0 Å². The minimum absolute atomic E-state index is 0.0124. The molecule has 0 aliphatic carbocycles. The monoisotopic (exact) mass is 523 g/mol. The molecular formula is C30H41N3O5. The first kappa shape index (κ1) is 30.8. The molecule has 38 heavy (non-hydrogen) atoms. The third-order valence-corrected chi connectivity index (χ3v) is 7.06. The molecule has 1 amide bonds. The number of aromatic nitrogens is 2. The molecular weight excluding hydrogens is 482 g/mol. The molecule has 2 aromatic rings. The lowest BCUT2D eigenvalue weighted by molar-refractivity contribution is -0.141. The Morgan fingerprint density at radius 1 is 0.947 bits per heavy atom. The van der Waals surface area contributed by atoms with Crippen molar-refractivity contribution in [3.63, 3.8) is 0 Å². The zero-order chi connectivity index (χ0) is 28.6. The molecule has 0 aliphatic heterocycles. The lowest BCUT2D eigenvalue weighted by atomic mass is 9.76. The van der Waals surface area contributed by atoms with Crippen molar-refractivity contribution in [1.29, 1.82) is 0 Å². The summed E-state index contributed by atoms with van der Waals surface area (Å²) in [6.07, 6.45) is 1.94. The Morgan fingerprint density at radius 3 is 2.11 bits per heavy atom. The van der Waals surface area contributed by atoms with Gasteiger partial charge in [-0.15, -0.1) is 0 Å². The van der Waals surface area contributed by atoms with Gasteiger partial charge in [0.1, 0.15) is 0 Å². The number of nitrogens with zero attached hydrogens (tertiary/aromatic N) is 2. The van der Waals surface area contributed by atoms with Gasteiger partial charge in [0, 0.05) is 49.7 Å². The maximum absolute atomic E-state index is 13.2. The van der Waals surface area contributed by atoms with Crippen LogP contribution in [0.1, 0.15) is 76.9 Å². The summed E-state index contributed by atoms with van der Waals surface area (Å²) in [7, 11) is 1.77. The SMILES string of the molecule is CC(C)[C@H](CC(=O)[C@H](C)NC(=O)[C@@H](CC(=O)c1ccccc1)C(C)(C)C)C(=O)C(=O)CCc1ccnn1C. The van der Waals surface area contributed by atoms with Crippen LogP contribution in [0.25, 0.3) is 0 Å². The third kappa shape index (κ3) is 8.57. The molecule has 0 spiro atoms.